The molecule has 2 amide bonds. The third kappa shape index (κ3) is 7.36. The zero-order valence-corrected chi connectivity index (χ0v) is 13.5. The summed E-state index contributed by atoms with van der Waals surface area (Å²) in [7, 11) is 0. The van der Waals surface area contributed by atoms with E-state index in [0.717, 1.165) is 12.8 Å². The molecule has 118 valence electrons. The maximum atomic E-state index is 12.0. The van der Waals surface area contributed by atoms with Gasteiger partial charge in [-0.15, -0.1) is 0 Å². The lowest BCUT2D eigenvalue weighted by Gasteiger charge is -2.29. The van der Waals surface area contributed by atoms with Crippen molar-refractivity contribution >= 4 is 12.0 Å². The van der Waals surface area contributed by atoms with Gasteiger partial charge in [-0.3, -0.25) is 4.79 Å². The number of rotatable bonds is 9. The molecule has 2 N–H and O–H groups in total. The summed E-state index contributed by atoms with van der Waals surface area (Å²) in [6.45, 7) is 11.4. The lowest BCUT2D eigenvalue weighted by molar-refractivity contribution is -0.137. The zero-order valence-electron chi connectivity index (χ0n) is 13.5. The fourth-order valence-electron chi connectivity index (χ4n) is 2.06. The van der Waals surface area contributed by atoms with Crippen LogP contribution in [-0.4, -0.2) is 41.1 Å². The molecule has 1 atom stereocenters. The number of urea groups is 1. The van der Waals surface area contributed by atoms with Gasteiger partial charge in [0.1, 0.15) is 0 Å². The van der Waals surface area contributed by atoms with E-state index in [1.807, 2.05) is 32.6 Å². The second kappa shape index (κ2) is 8.82. The van der Waals surface area contributed by atoms with Crippen LogP contribution in [0.25, 0.3) is 0 Å². The quantitative estimate of drug-likeness (QED) is 0.684. The molecule has 0 rings (SSSR count). The highest BCUT2D eigenvalue weighted by Crippen LogP contribution is 2.26. The second-order valence-electron chi connectivity index (χ2n) is 6.08. The lowest BCUT2D eigenvalue weighted by Crippen LogP contribution is -2.45. The van der Waals surface area contributed by atoms with Crippen LogP contribution in [0.5, 0.6) is 0 Å². The fraction of sp³-hybridized carbons (Fsp3) is 0.867. The molecule has 0 bridgehead atoms. The molecular weight excluding hydrogens is 256 g/mol. The minimum Gasteiger partial charge on any atom is -0.481 e. The molecule has 0 fully saturated rings. The van der Waals surface area contributed by atoms with Crippen LogP contribution in [0.3, 0.4) is 0 Å². The molecule has 0 aromatic carbocycles. The summed E-state index contributed by atoms with van der Waals surface area (Å²) >= 11 is 0. The van der Waals surface area contributed by atoms with Crippen LogP contribution in [0, 0.1) is 5.41 Å². The van der Waals surface area contributed by atoms with Gasteiger partial charge in [0, 0.05) is 25.6 Å². The maximum Gasteiger partial charge on any atom is 0.317 e. The number of amides is 2. The minimum atomic E-state index is -0.768. The van der Waals surface area contributed by atoms with Crippen molar-refractivity contribution < 1.29 is 14.7 Å². The van der Waals surface area contributed by atoms with Gasteiger partial charge in [0.25, 0.3) is 0 Å². The average molecular weight is 286 g/mol. The topological polar surface area (TPSA) is 69.6 Å². The first-order valence-corrected chi connectivity index (χ1v) is 7.49. The molecule has 1 unspecified atom stereocenters. The van der Waals surface area contributed by atoms with E-state index >= 15 is 0 Å². The number of carbonyl (C=O) groups is 2. The number of aliphatic carboxylic acids is 1. The maximum absolute atomic E-state index is 12.0. The first kappa shape index (κ1) is 18.7. The Kier molecular flexibility index (Phi) is 8.26. The van der Waals surface area contributed by atoms with E-state index in [2.05, 4.69) is 12.2 Å². The lowest BCUT2D eigenvalue weighted by atomic mass is 9.84. The van der Waals surface area contributed by atoms with Crippen molar-refractivity contribution in [3.8, 4) is 0 Å². The van der Waals surface area contributed by atoms with Crippen molar-refractivity contribution in [3.63, 3.8) is 0 Å². The average Bonchev–Trinajstić information content (AvgIpc) is 2.37. The molecule has 0 aliphatic heterocycles. The summed E-state index contributed by atoms with van der Waals surface area (Å²) in [5.74, 6) is -0.768. The van der Waals surface area contributed by atoms with Gasteiger partial charge in [-0.2, -0.15) is 0 Å². The van der Waals surface area contributed by atoms with Gasteiger partial charge in [0.05, 0.1) is 0 Å². The Morgan fingerprint density at radius 3 is 2.30 bits per heavy atom. The van der Waals surface area contributed by atoms with E-state index in [1.165, 1.54) is 0 Å². The monoisotopic (exact) mass is 286 g/mol. The molecular formula is C15H30N2O3. The SMILES string of the molecule is CCC(C)N(CC)C(=O)NCCC(C)(C)CCC(=O)O. The van der Waals surface area contributed by atoms with Crippen molar-refractivity contribution in [2.24, 2.45) is 5.41 Å². The van der Waals surface area contributed by atoms with E-state index in [1.54, 1.807) is 0 Å². The van der Waals surface area contributed by atoms with E-state index in [4.69, 9.17) is 5.11 Å². The molecule has 0 saturated heterocycles. The number of nitrogens with zero attached hydrogens (tertiary/aromatic N) is 1. The minimum absolute atomic E-state index is 0.0316. The van der Waals surface area contributed by atoms with Crippen LogP contribution in [0.15, 0.2) is 0 Å². The summed E-state index contributed by atoms with van der Waals surface area (Å²) in [6.07, 6.45) is 2.52. The first-order valence-electron chi connectivity index (χ1n) is 7.49. The largest absolute Gasteiger partial charge is 0.481 e. The molecule has 0 spiro atoms. The van der Waals surface area contributed by atoms with Crippen LogP contribution < -0.4 is 5.32 Å². The molecule has 5 heteroatoms. The van der Waals surface area contributed by atoms with Crippen LogP contribution in [0.2, 0.25) is 0 Å². The predicted octanol–water partition coefficient (Wildman–Crippen LogP) is 3.10. The Morgan fingerprint density at radius 2 is 1.85 bits per heavy atom. The third-order valence-corrected chi connectivity index (χ3v) is 3.82. The molecule has 0 aliphatic rings. The summed E-state index contributed by atoms with van der Waals surface area (Å²) in [4.78, 5) is 24.5. The Balaban J connectivity index is 4.15. The van der Waals surface area contributed by atoms with Crippen molar-refractivity contribution in [3.05, 3.63) is 0 Å². The molecule has 0 aromatic rings. The highest BCUT2D eigenvalue weighted by molar-refractivity contribution is 5.74. The summed E-state index contributed by atoms with van der Waals surface area (Å²) < 4.78 is 0. The van der Waals surface area contributed by atoms with Crippen molar-refractivity contribution in [2.75, 3.05) is 13.1 Å². The first-order chi connectivity index (χ1) is 9.23. The van der Waals surface area contributed by atoms with E-state index < -0.39 is 5.97 Å². The van der Waals surface area contributed by atoms with Gasteiger partial charge in [-0.1, -0.05) is 20.8 Å². The number of hydrogen-bond donors (Lipinski definition) is 2. The van der Waals surface area contributed by atoms with E-state index in [9.17, 15) is 9.59 Å². The Morgan fingerprint density at radius 1 is 1.25 bits per heavy atom. The van der Waals surface area contributed by atoms with E-state index in [0.29, 0.717) is 19.5 Å². The molecule has 0 aliphatic carbocycles. The number of carboxylic acids is 1. The Labute approximate surface area is 122 Å². The highest BCUT2D eigenvalue weighted by Gasteiger charge is 2.21. The normalized spacial score (nSPS) is 12.8. The molecule has 0 saturated carbocycles. The van der Waals surface area contributed by atoms with Gasteiger partial charge in [-0.05, 0) is 38.5 Å². The Hall–Kier alpha value is -1.26. The van der Waals surface area contributed by atoms with Crippen LogP contribution in [0.4, 0.5) is 4.79 Å². The van der Waals surface area contributed by atoms with Crippen LogP contribution in [-0.2, 0) is 4.79 Å². The third-order valence-electron chi connectivity index (χ3n) is 3.82. The fourth-order valence-corrected chi connectivity index (χ4v) is 2.06. The summed E-state index contributed by atoms with van der Waals surface area (Å²) in [6, 6.07) is 0.205. The number of carboxylic acid groups (broad SMARTS) is 1. The van der Waals surface area contributed by atoms with Crippen molar-refractivity contribution in [2.45, 2.75) is 66.3 Å². The number of carbonyl (C=O) groups excluding carboxylic acids is 1. The molecule has 0 aromatic heterocycles. The number of nitrogens with one attached hydrogen (secondary N) is 1. The standard InChI is InChI=1S/C15H30N2O3/c1-6-12(3)17(7-2)14(20)16-11-10-15(4,5)9-8-13(18)19/h12H,6-11H2,1-5H3,(H,16,20)(H,18,19). The van der Waals surface area contributed by atoms with Crippen LogP contribution >= 0.6 is 0 Å². The van der Waals surface area contributed by atoms with Gasteiger partial charge in [-0.25, -0.2) is 4.79 Å². The van der Waals surface area contributed by atoms with Gasteiger partial charge in [0.15, 0.2) is 0 Å². The summed E-state index contributed by atoms with van der Waals surface area (Å²) in [5.41, 5.74) is -0.0704. The number of hydrogen-bond acceptors (Lipinski definition) is 2. The molecule has 0 radical (unpaired) electrons. The molecule has 5 nitrogen and oxygen atoms in total. The van der Waals surface area contributed by atoms with Crippen LogP contribution in [0.1, 0.15) is 60.3 Å². The molecule has 0 heterocycles. The smallest absolute Gasteiger partial charge is 0.317 e. The summed E-state index contributed by atoms with van der Waals surface area (Å²) in [5, 5.41) is 11.6. The molecule has 20 heavy (non-hydrogen) atoms. The zero-order chi connectivity index (χ0) is 15.8. The second-order valence-corrected chi connectivity index (χ2v) is 6.08. The Bertz CT molecular complexity index is 316. The van der Waals surface area contributed by atoms with Gasteiger partial charge >= 0.3 is 12.0 Å². The van der Waals surface area contributed by atoms with Gasteiger partial charge < -0.3 is 15.3 Å². The van der Waals surface area contributed by atoms with Gasteiger partial charge in [0.2, 0.25) is 0 Å². The van der Waals surface area contributed by atoms with E-state index in [-0.39, 0.29) is 23.9 Å². The predicted molar refractivity (Wildman–Crippen MR) is 80.8 cm³/mol. The van der Waals surface area contributed by atoms with Crippen molar-refractivity contribution in [1.82, 2.24) is 10.2 Å². The highest BCUT2D eigenvalue weighted by atomic mass is 16.4. The van der Waals surface area contributed by atoms with Crippen molar-refractivity contribution in [1.29, 1.82) is 0 Å².